The Labute approximate surface area is 117 Å². The van der Waals surface area contributed by atoms with Crippen molar-refractivity contribution in [2.45, 2.75) is 39.8 Å². The van der Waals surface area contributed by atoms with Crippen LogP contribution in [0.4, 0.5) is 4.79 Å². The molecule has 1 aliphatic heterocycles. The quantitative estimate of drug-likeness (QED) is 0.665. The summed E-state index contributed by atoms with van der Waals surface area (Å²) in [6, 6.07) is -1.53. The van der Waals surface area contributed by atoms with Crippen LogP contribution in [-0.2, 0) is 9.59 Å². The fourth-order valence-corrected chi connectivity index (χ4v) is 2.84. The van der Waals surface area contributed by atoms with Crippen molar-refractivity contribution in [1.29, 1.82) is 0 Å². The van der Waals surface area contributed by atoms with E-state index in [-0.39, 0.29) is 35.9 Å². The van der Waals surface area contributed by atoms with Crippen molar-refractivity contribution in [1.82, 2.24) is 15.5 Å². The van der Waals surface area contributed by atoms with Crippen LogP contribution >= 0.6 is 0 Å². The number of rotatable bonds is 2. The zero-order valence-electron chi connectivity index (χ0n) is 12.2. The summed E-state index contributed by atoms with van der Waals surface area (Å²) in [4.78, 5) is 35.9. The molecule has 0 aromatic rings. The van der Waals surface area contributed by atoms with Crippen LogP contribution in [0, 0.1) is 10.8 Å². The molecule has 112 valence electrons. The van der Waals surface area contributed by atoms with Gasteiger partial charge in [-0.2, -0.15) is 0 Å². The molecule has 1 aliphatic carbocycles. The fraction of sp³-hybridized carbons (Fsp3) is 0.769. The molecular weight excluding hydrogens is 262 g/mol. The lowest BCUT2D eigenvalue weighted by Gasteiger charge is -2.32. The highest BCUT2D eigenvalue weighted by molar-refractivity contribution is 5.90. The highest BCUT2D eigenvalue weighted by Crippen LogP contribution is 2.62. The van der Waals surface area contributed by atoms with Gasteiger partial charge in [0, 0.05) is 12.6 Å². The molecule has 3 amide bonds. The zero-order valence-corrected chi connectivity index (χ0v) is 12.2. The van der Waals surface area contributed by atoms with E-state index in [1.807, 2.05) is 0 Å². The number of hydrogen-bond acceptors (Lipinski definition) is 3. The lowest BCUT2D eigenvalue weighted by atomic mass is 10.0. The van der Waals surface area contributed by atoms with Gasteiger partial charge >= 0.3 is 12.0 Å². The molecule has 7 nitrogen and oxygen atoms in total. The van der Waals surface area contributed by atoms with Crippen LogP contribution in [0.25, 0.3) is 0 Å². The Kier molecular flexibility index (Phi) is 3.19. The van der Waals surface area contributed by atoms with Crippen LogP contribution in [0.1, 0.15) is 27.7 Å². The van der Waals surface area contributed by atoms with Crippen LogP contribution in [0.5, 0.6) is 0 Å². The number of carboxylic acid groups (broad SMARTS) is 1. The van der Waals surface area contributed by atoms with E-state index in [4.69, 9.17) is 5.11 Å². The molecule has 0 aromatic carbocycles. The van der Waals surface area contributed by atoms with Gasteiger partial charge in [0.2, 0.25) is 5.91 Å². The number of carbonyl (C=O) groups is 3. The highest BCUT2D eigenvalue weighted by Gasteiger charge is 2.65. The number of hydrogen-bond donors (Lipinski definition) is 3. The molecule has 2 fully saturated rings. The van der Waals surface area contributed by atoms with Crippen molar-refractivity contribution in [2.24, 2.45) is 10.8 Å². The second-order valence-electron chi connectivity index (χ2n) is 6.61. The molecular formula is C13H21N3O4. The SMILES string of the molecule is CC1(C)C(NC(=O)N2CC(=O)NCC2C(=O)O)C1(C)C. The minimum Gasteiger partial charge on any atom is -0.480 e. The zero-order chi connectivity index (χ0) is 15.3. The van der Waals surface area contributed by atoms with Crippen LogP contribution < -0.4 is 10.6 Å². The highest BCUT2D eigenvalue weighted by atomic mass is 16.4. The number of piperazine rings is 1. The van der Waals surface area contributed by atoms with Gasteiger partial charge in [-0.05, 0) is 10.8 Å². The van der Waals surface area contributed by atoms with E-state index in [0.29, 0.717) is 0 Å². The number of amides is 3. The van der Waals surface area contributed by atoms with E-state index >= 15 is 0 Å². The monoisotopic (exact) mass is 283 g/mol. The number of carboxylic acids is 1. The fourth-order valence-electron chi connectivity index (χ4n) is 2.84. The molecule has 20 heavy (non-hydrogen) atoms. The second-order valence-corrected chi connectivity index (χ2v) is 6.61. The van der Waals surface area contributed by atoms with Gasteiger partial charge in [-0.15, -0.1) is 0 Å². The minimum absolute atomic E-state index is 0.0260. The molecule has 0 radical (unpaired) electrons. The molecule has 1 saturated carbocycles. The Bertz CT molecular complexity index is 458. The van der Waals surface area contributed by atoms with E-state index in [9.17, 15) is 14.4 Å². The maximum atomic E-state index is 12.3. The second kappa shape index (κ2) is 4.36. The molecule has 0 spiro atoms. The first-order valence-corrected chi connectivity index (χ1v) is 6.65. The summed E-state index contributed by atoms with van der Waals surface area (Å²) in [7, 11) is 0. The number of nitrogens with zero attached hydrogens (tertiary/aromatic N) is 1. The van der Waals surface area contributed by atoms with E-state index in [1.54, 1.807) is 0 Å². The summed E-state index contributed by atoms with van der Waals surface area (Å²) in [6.45, 7) is 7.92. The summed E-state index contributed by atoms with van der Waals surface area (Å²) in [6.07, 6.45) is 0. The Morgan fingerprint density at radius 2 is 1.85 bits per heavy atom. The van der Waals surface area contributed by atoms with Gasteiger partial charge in [-0.25, -0.2) is 9.59 Å². The third-order valence-electron chi connectivity index (χ3n) is 5.02. The van der Waals surface area contributed by atoms with Gasteiger partial charge in [0.1, 0.15) is 12.6 Å². The predicted octanol–water partition coefficient (Wildman–Crippen LogP) is 0.0156. The number of aliphatic carboxylic acids is 1. The van der Waals surface area contributed by atoms with Gasteiger partial charge in [-0.1, -0.05) is 27.7 Å². The van der Waals surface area contributed by atoms with Gasteiger partial charge in [0.15, 0.2) is 0 Å². The topological polar surface area (TPSA) is 98.7 Å². The molecule has 1 heterocycles. The number of urea groups is 1. The van der Waals surface area contributed by atoms with Crippen LogP contribution in [-0.4, -0.2) is 53.1 Å². The maximum Gasteiger partial charge on any atom is 0.328 e. The summed E-state index contributed by atoms with van der Waals surface area (Å²) >= 11 is 0. The molecule has 0 bridgehead atoms. The molecule has 0 aromatic heterocycles. The van der Waals surface area contributed by atoms with Crippen LogP contribution in [0.15, 0.2) is 0 Å². The van der Waals surface area contributed by atoms with E-state index in [0.717, 1.165) is 4.90 Å². The van der Waals surface area contributed by atoms with Gasteiger partial charge < -0.3 is 15.7 Å². The van der Waals surface area contributed by atoms with Crippen molar-refractivity contribution < 1.29 is 19.5 Å². The Balaban J connectivity index is 2.07. The Hall–Kier alpha value is -1.79. The van der Waals surface area contributed by atoms with Crippen molar-refractivity contribution in [3.05, 3.63) is 0 Å². The van der Waals surface area contributed by atoms with Crippen LogP contribution in [0.3, 0.4) is 0 Å². The minimum atomic E-state index is -1.12. The van der Waals surface area contributed by atoms with Crippen LogP contribution in [0.2, 0.25) is 0 Å². The summed E-state index contributed by atoms with van der Waals surface area (Å²) in [5.41, 5.74) is -0.0845. The van der Waals surface area contributed by atoms with E-state index in [1.165, 1.54) is 0 Å². The normalized spacial score (nSPS) is 27.7. The Morgan fingerprint density at radius 3 is 2.30 bits per heavy atom. The van der Waals surface area contributed by atoms with Gasteiger partial charge in [0.05, 0.1) is 0 Å². The molecule has 1 atom stereocenters. The number of carbonyl (C=O) groups excluding carboxylic acids is 2. The number of nitrogens with one attached hydrogen (secondary N) is 2. The summed E-state index contributed by atoms with van der Waals surface area (Å²) in [5.74, 6) is -1.46. The largest absolute Gasteiger partial charge is 0.480 e. The first-order chi connectivity index (χ1) is 9.09. The summed E-state index contributed by atoms with van der Waals surface area (Å²) < 4.78 is 0. The van der Waals surface area contributed by atoms with E-state index < -0.39 is 18.0 Å². The molecule has 7 heteroatoms. The molecule has 2 aliphatic rings. The standard InChI is InChI=1S/C13H21N3O4/c1-12(2)10(13(12,3)4)15-11(20)16-6-8(17)14-5-7(16)9(18)19/h7,10H,5-6H2,1-4H3,(H,14,17)(H,15,20)(H,18,19). The molecule has 1 saturated heterocycles. The lowest BCUT2D eigenvalue weighted by Crippen LogP contribution is -2.61. The summed E-state index contributed by atoms with van der Waals surface area (Å²) in [5, 5.41) is 14.4. The average Bonchev–Trinajstić information content (AvgIpc) is 2.71. The lowest BCUT2D eigenvalue weighted by molar-refractivity contribution is -0.144. The smallest absolute Gasteiger partial charge is 0.328 e. The van der Waals surface area contributed by atoms with Crippen molar-refractivity contribution in [2.75, 3.05) is 13.1 Å². The third-order valence-corrected chi connectivity index (χ3v) is 5.02. The first kappa shape index (κ1) is 14.6. The third kappa shape index (κ3) is 2.10. The van der Waals surface area contributed by atoms with Crippen molar-refractivity contribution in [3.8, 4) is 0 Å². The molecule has 1 unspecified atom stereocenters. The van der Waals surface area contributed by atoms with Gasteiger partial charge in [0.25, 0.3) is 0 Å². The Morgan fingerprint density at radius 1 is 1.30 bits per heavy atom. The molecule has 2 rings (SSSR count). The van der Waals surface area contributed by atoms with Gasteiger partial charge in [-0.3, -0.25) is 9.69 Å². The van der Waals surface area contributed by atoms with Crippen molar-refractivity contribution >= 4 is 17.9 Å². The average molecular weight is 283 g/mol. The maximum absolute atomic E-state index is 12.3. The molecule has 3 N–H and O–H groups in total. The predicted molar refractivity (Wildman–Crippen MR) is 71.0 cm³/mol. The first-order valence-electron chi connectivity index (χ1n) is 6.65. The van der Waals surface area contributed by atoms with E-state index in [2.05, 4.69) is 38.3 Å². The van der Waals surface area contributed by atoms with Crippen molar-refractivity contribution in [3.63, 3.8) is 0 Å².